The Labute approximate surface area is 147 Å². The Morgan fingerprint density at radius 3 is 2.88 bits per heavy atom. The van der Waals surface area contributed by atoms with Crippen LogP contribution in [0.15, 0.2) is 18.3 Å². The molecule has 3 rings (SSSR count). The fraction of sp³-hybridized carbons (Fsp3) is 0.556. The van der Waals surface area contributed by atoms with Crippen molar-refractivity contribution < 1.29 is 9.53 Å². The minimum absolute atomic E-state index is 0.0483. The van der Waals surface area contributed by atoms with Crippen LogP contribution in [0.5, 0.6) is 5.88 Å². The molecule has 1 aliphatic rings. The molecule has 3 heterocycles. The summed E-state index contributed by atoms with van der Waals surface area (Å²) in [5, 5.41) is 7.63. The smallest absolute Gasteiger partial charge is 0.257 e. The summed E-state index contributed by atoms with van der Waals surface area (Å²) in [6.45, 7) is 8.80. The molecule has 0 aliphatic carbocycles. The highest BCUT2D eigenvalue weighted by Gasteiger charge is 2.27. The summed E-state index contributed by atoms with van der Waals surface area (Å²) in [5.74, 6) is 2.07. The van der Waals surface area contributed by atoms with Crippen LogP contribution in [0.25, 0.3) is 0 Å². The molecule has 7 heteroatoms. The number of nitrogens with zero attached hydrogens (tertiary/aromatic N) is 4. The third-order valence-corrected chi connectivity index (χ3v) is 4.08. The molecule has 0 saturated heterocycles. The molecule has 0 unspecified atom stereocenters. The third-order valence-electron chi connectivity index (χ3n) is 4.08. The number of pyridine rings is 1. The van der Waals surface area contributed by atoms with Gasteiger partial charge in [-0.2, -0.15) is 5.10 Å². The van der Waals surface area contributed by atoms with Gasteiger partial charge >= 0.3 is 0 Å². The van der Waals surface area contributed by atoms with Crippen molar-refractivity contribution in [2.45, 2.75) is 65.1 Å². The van der Waals surface area contributed by atoms with E-state index in [1.165, 1.54) is 0 Å². The van der Waals surface area contributed by atoms with Crippen LogP contribution in [-0.2, 0) is 6.54 Å². The predicted molar refractivity (Wildman–Crippen MR) is 93.6 cm³/mol. The number of carbonyl (C=O) groups is 1. The predicted octanol–water partition coefficient (Wildman–Crippen LogP) is 2.85. The number of rotatable bonds is 5. The first-order chi connectivity index (χ1) is 12.0. The number of nitrogens with one attached hydrogen (secondary N) is 1. The van der Waals surface area contributed by atoms with Gasteiger partial charge in [-0.15, -0.1) is 0 Å². The average Bonchev–Trinajstić information content (AvgIpc) is 3.00. The first-order valence-electron chi connectivity index (χ1n) is 8.83. The lowest BCUT2D eigenvalue weighted by Gasteiger charge is -2.23. The first-order valence-corrected chi connectivity index (χ1v) is 8.83. The van der Waals surface area contributed by atoms with E-state index in [4.69, 9.17) is 4.74 Å². The summed E-state index contributed by atoms with van der Waals surface area (Å²) >= 11 is 0. The van der Waals surface area contributed by atoms with E-state index in [0.29, 0.717) is 11.4 Å². The minimum Gasteiger partial charge on any atom is -0.474 e. The zero-order valence-electron chi connectivity index (χ0n) is 15.2. The highest BCUT2D eigenvalue weighted by Crippen LogP contribution is 2.26. The van der Waals surface area contributed by atoms with Crippen LogP contribution >= 0.6 is 0 Å². The van der Waals surface area contributed by atoms with E-state index in [9.17, 15) is 4.79 Å². The number of hydrogen-bond acceptors (Lipinski definition) is 5. The monoisotopic (exact) mass is 343 g/mol. The lowest BCUT2D eigenvalue weighted by atomic mass is 10.1. The van der Waals surface area contributed by atoms with Gasteiger partial charge in [0.2, 0.25) is 5.88 Å². The van der Waals surface area contributed by atoms with Crippen LogP contribution in [0.4, 0.5) is 0 Å². The first kappa shape index (κ1) is 17.4. The zero-order chi connectivity index (χ0) is 18.0. The van der Waals surface area contributed by atoms with Gasteiger partial charge in [0, 0.05) is 18.7 Å². The summed E-state index contributed by atoms with van der Waals surface area (Å²) in [6.07, 6.45) is 3.39. The normalized spacial score (nSPS) is 16.8. The second-order valence-corrected chi connectivity index (χ2v) is 6.90. The number of aryl methyl sites for hydroxylation is 1. The van der Waals surface area contributed by atoms with E-state index in [1.54, 1.807) is 18.3 Å². The van der Waals surface area contributed by atoms with E-state index in [1.807, 2.05) is 18.5 Å². The molecule has 0 radical (unpaired) electrons. The summed E-state index contributed by atoms with van der Waals surface area (Å²) in [5.41, 5.74) is 0.442. The second kappa shape index (κ2) is 7.21. The fourth-order valence-corrected chi connectivity index (χ4v) is 2.87. The van der Waals surface area contributed by atoms with Gasteiger partial charge in [-0.1, -0.05) is 13.8 Å². The highest BCUT2D eigenvalue weighted by molar-refractivity contribution is 5.96. The minimum atomic E-state index is -0.198. The van der Waals surface area contributed by atoms with Crippen molar-refractivity contribution in [1.82, 2.24) is 25.1 Å². The van der Waals surface area contributed by atoms with Gasteiger partial charge in [0.1, 0.15) is 11.4 Å². The largest absolute Gasteiger partial charge is 0.474 e. The Morgan fingerprint density at radius 1 is 1.36 bits per heavy atom. The van der Waals surface area contributed by atoms with Gasteiger partial charge in [-0.05, 0) is 38.8 Å². The fourth-order valence-electron chi connectivity index (χ4n) is 2.87. The summed E-state index contributed by atoms with van der Waals surface area (Å²) in [6, 6.07) is 3.32. The van der Waals surface area contributed by atoms with Crippen molar-refractivity contribution in [2.75, 3.05) is 0 Å². The van der Waals surface area contributed by atoms with Gasteiger partial charge in [0.05, 0.1) is 12.1 Å². The molecule has 134 valence electrons. The zero-order valence-corrected chi connectivity index (χ0v) is 15.2. The van der Waals surface area contributed by atoms with E-state index < -0.39 is 0 Å². The van der Waals surface area contributed by atoms with Gasteiger partial charge in [0.15, 0.2) is 5.82 Å². The van der Waals surface area contributed by atoms with E-state index in [0.717, 1.165) is 31.0 Å². The van der Waals surface area contributed by atoms with Crippen molar-refractivity contribution >= 4 is 5.91 Å². The molecule has 1 amide bonds. The van der Waals surface area contributed by atoms with Crippen LogP contribution in [0.3, 0.4) is 0 Å². The Morgan fingerprint density at radius 2 is 2.16 bits per heavy atom. The molecule has 7 nitrogen and oxygen atoms in total. The van der Waals surface area contributed by atoms with E-state index in [-0.39, 0.29) is 24.0 Å². The quantitative estimate of drug-likeness (QED) is 0.903. The van der Waals surface area contributed by atoms with Crippen molar-refractivity contribution in [1.29, 1.82) is 0 Å². The Kier molecular flexibility index (Phi) is 5.01. The SMILES string of the molecule is CC(C)Oc1ncccc1C(=O)N[C@@H]1CCCn2nc(C(C)C)nc21. The summed E-state index contributed by atoms with van der Waals surface area (Å²) in [4.78, 5) is 21.6. The maximum absolute atomic E-state index is 12.8. The van der Waals surface area contributed by atoms with Crippen molar-refractivity contribution in [2.24, 2.45) is 0 Å². The van der Waals surface area contributed by atoms with Gasteiger partial charge in [-0.3, -0.25) is 4.79 Å². The van der Waals surface area contributed by atoms with Gasteiger partial charge < -0.3 is 10.1 Å². The molecule has 1 N–H and O–H groups in total. The topological polar surface area (TPSA) is 81.9 Å². The molecule has 1 aliphatic heterocycles. The Hall–Kier alpha value is -2.44. The maximum atomic E-state index is 12.8. The second-order valence-electron chi connectivity index (χ2n) is 6.90. The Balaban J connectivity index is 1.81. The standard InChI is InChI=1S/C18H25N5O2/c1-11(2)15-21-16-14(8-6-10-23(16)22-15)20-17(24)13-7-5-9-19-18(13)25-12(3)4/h5,7,9,11-12,14H,6,8,10H2,1-4H3,(H,20,24)/t14-/m1/s1. The maximum Gasteiger partial charge on any atom is 0.257 e. The molecular weight excluding hydrogens is 318 g/mol. The van der Waals surface area contributed by atoms with Crippen LogP contribution in [-0.4, -0.2) is 31.8 Å². The molecule has 2 aromatic heterocycles. The average molecular weight is 343 g/mol. The lowest BCUT2D eigenvalue weighted by Crippen LogP contribution is -2.33. The third kappa shape index (κ3) is 3.81. The molecule has 0 aromatic carbocycles. The Bertz CT molecular complexity index is 754. The molecule has 25 heavy (non-hydrogen) atoms. The molecule has 0 bridgehead atoms. The molecule has 0 spiro atoms. The van der Waals surface area contributed by atoms with E-state index >= 15 is 0 Å². The van der Waals surface area contributed by atoms with Crippen molar-refractivity contribution in [3.63, 3.8) is 0 Å². The number of amides is 1. The molecular formula is C18H25N5O2. The number of aromatic nitrogens is 4. The van der Waals surface area contributed by atoms with Crippen LogP contribution in [0.1, 0.15) is 74.5 Å². The van der Waals surface area contributed by atoms with Crippen LogP contribution in [0.2, 0.25) is 0 Å². The van der Waals surface area contributed by atoms with E-state index in [2.05, 4.69) is 34.2 Å². The lowest BCUT2D eigenvalue weighted by molar-refractivity contribution is 0.0920. The molecule has 1 atom stereocenters. The number of fused-ring (bicyclic) bond motifs is 1. The molecule has 0 saturated carbocycles. The molecule has 2 aromatic rings. The number of ether oxygens (including phenoxy) is 1. The van der Waals surface area contributed by atoms with Gasteiger partial charge in [0.25, 0.3) is 5.91 Å². The number of carbonyl (C=O) groups excluding carboxylic acids is 1. The molecule has 0 fully saturated rings. The van der Waals surface area contributed by atoms with Crippen molar-refractivity contribution in [3.05, 3.63) is 35.5 Å². The highest BCUT2D eigenvalue weighted by atomic mass is 16.5. The number of hydrogen-bond donors (Lipinski definition) is 1. The van der Waals surface area contributed by atoms with Crippen molar-refractivity contribution in [3.8, 4) is 5.88 Å². The van der Waals surface area contributed by atoms with Crippen LogP contribution < -0.4 is 10.1 Å². The van der Waals surface area contributed by atoms with Gasteiger partial charge in [-0.25, -0.2) is 14.6 Å². The summed E-state index contributed by atoms with van der Waals surface area (Å²) in [7, 11) is 0. The summed E-state index contributed by atoms with van der Waals surface area (Å²) < 4.78 is 7.57. The van der Waals surface area contributed by atoms with Crippen LogP contribution in [0, 0.1) is 0 Å².